The van der Waals surface area contributed by atoms with Crippen LogP contribution < -0.4 is 0 Å². The Labute approximate surface area is 178 Å². The van der Waals surface area contributed by atoms with Gasteiger partial charge in [0.05, 0.1) is 11.4 Å². The minimum Gasteiger partial charge on any atom is -0.257 e. The molecule has 0 saturated carbocycles. The number of aryl methyl sites for hydroxylation is 2. The summed E-state index contributed by atoms with van der Waals surface area (Å²) >= 11 is 0. The van der Waals surface area contributed by atoms with Crippen molar-refractivity contribution in [2.45, 2.75) is 40.0 Å². The molecule has 2 heterocycles. The SMILES string of the molecule is Cc1cccc(-c2ccc(-c3c(C)ccc4c3Cc3nc(C(C)C)ccc3-4)nc2)c1. The lowest BCUT2D eigenvalue weighted by Gasteiger charge is -2.12. The minimum absolute atomic E-state index is 0.441. The fourth-order valence-electron chi connectivity index (χ4n) is 4.48. The lowest BCUT2D eigenvalue weighted by Crippen LogP contribution is -1.97. The third-order valence-corrected chi connectivity index (χ3v) is 6.11. The van der Waals surface area contributed by atoms with E-state index >= 15 is 0 Å². The van der Waals surface area contributed by atoms with Crippen LogP contribution in [-0.4, -0.2) is 9.97 Å². The van der Waals surface area contributed by atoms with E-state index < -0.39 is 0 Å². The lowest BCUT2D eigenvalue weighted by atomic mass is 9.94. The molecule has 2 nitrogen and oxygen atoms in total. The van der Waals surface area contributed by atoms with Gasteiger partial charge < -0.3 is 0 Å². The Morgan fingerprint density at radius 3 is 2.40 bits per heavy atom. The van der Waals surface area contributed by atoms with Gasteiger partial charge in [0.25, 0.3) is 0 Å². The summed E-state index contributed by atoms with van der Waals surface area (Å²) < 4.78 is 0. The number of aromatic nitrogens is 2. The average molecular weight is 391 g/mol. The van der Waals surface area contributed by atoms with Crippen molar-refractivity contribution in [3.05, 3.63) is 94.9 Å². The molecule has 0 saturated heterocycles. The van der Waals surface area contributed by atoms with Crippen LogP contribution in [0.25, 0.3) is 33.5 Å². The van der Waals surface area contributed by atoms with Gasteiger partial charge in [0, 0.05) is 35.0 Å². The van der Waals surface area contributed by atoms with E-state index in [9.17, 15) is 0 Å². The molecule has 0 bridgehead atoms. The second-order valence-electron chi connectivity index (χ2n) is 8.65. The van der Waals surface area contributed by atoms with Gasteiger partial charge in [0.1, 0.15) is 0 Å². The monoisotopic (exact) mass is 390 g/mol. The summed E-state index contributed by atoms with van der Waals surface area (Å²) in [5.41, 5.74) is 13.5. The van der Waals surface area contributed by atoms with Crippen molar-refractivity contribution in [3.63, 3.8) is 0 Å². The third-order valence-electron chi connectivity index (χ3n) is 6.11. The summed E-state index contributed by atoms with van der Waals surface area (Å²) in [5.74, 6) is 0.441. The molecule has 0 unspecified atom stereocenters. The van der Waals surface area contributed by atoms with Crippen molar-refractivity contribution in [1.29, 1.82) is 0 Å². The first-order valence-electron chi connectivity index (χ1n) is 10.7. The zero-order chi connectivity index (χ0) is 20.8. The molecule has 0 atom stereocenters. The van der Waals surface area contributed by atoms with Gasteiger partial charge in [0.15, 0.2) is 0 Å². The van der Waals surface area contributed by atoms with Crippen molar-refractivity contribution in [2.24, 2.45) is 0 Å². The molecule has 1 aliphatic rings. The van der Waals surface area contributed by atoms with Crippen LogP contribution >= 0.6 is 0 Å². The van der Waals surface area contributed by atoms with E-state index in [2.05, 4.69) is 88.4 Å². The maximum absolute atomic E-state index is 4.97. The maximum Gasteiger partial charge on any atom is 0.0708 e. The van der Waals surface area contributed by atoms with Crippen molar-refractivity contribution in [2.75, 3.05) is 0 Å². The summed E-state index contributed by atoms with van der Waals surface area (Å²) in [4.78, 5) is 9.86. The fourth-order valence-corrected chi connectivity index (χ4v) is 4.48. The maximum atomic E-state index is 4.97. The summed E-state index contributed by atoms with van der Waals surface area (Å²) in [5, 5.41) is 0. The number of rotatable bonds is 3. The van der Waals surface area contributed by atoms with Gasteiger partial charge in [-0.3, -0.25) is 9.97 Å². The highest BCUT2D eigenvalue weighted by Gasteiger charge is 2.25. The molecule has 2 aromatic carbocycles. The van der Waals surface area contributed by atoms with Gasteiger partial charge in [-0.15, -0.1) is 0 Å². The molecule has 0 radical (unpaired) electrons. The average Bonchev–Trinajstić information content (AvgIpc) is 3.11. The zero-order valence-corrected chi connectivity index (χ0v) is 18.0. The van der Waals surface area contributed by atoms with Crippen molar-refractivity contribution >= 4 is 0 Å². The van der Waals surface area contributed by atoms with E-state index in [1.165, 1.54) is 50.3 Å². The Morgan fingerprint density at radius 2 is 1.67 bits per heavy atom. The molecular formula is C28H26N2. The third kappa shape index (κ3) is 3.13. The first-order valence-corrected chi connectivity index (χ1v) is 10.7. The number of hydrogen-bond donors (Lipinski definition) is 0. The van der Waals surface area contributed by atoms with Crippen molar-refractivity contribution in [1.82, 2.24) is 9.97 Å². The van der Waals surface area contributed by atoms with E-state index in [0.29, 0.717) is 5.92 Å². The molecule has 1 aliphatic carbocycles. The first kappa shape index (κ1) is 18.7. The van der Waals surface area contributed by atoms with E-state index in [-0.39, 0.29) is 0 Å². The van der Waals surface area contributed by atoms with Crippen molar-refractivity contribution < 1.29 is 0 Å². The van der Waals surface area contributed by atoms with Crippen LogP contribution in [0.1, 0.15) is 47.8 Å². The minimum atomic E-state index is 0.441. The molecule has 2 heteroatoms. The highest BCUT2D eigenvalue weighted by atomic mass is 14.7. The van der Waals surface area contributed by atoms with E-state index in [1.54, 1.807) is 0 Å². The predicted molar refractivity (Wildman–Crippen MR) is 125 cm³/mol. The molecular weight excluding hydrogens is 364 g/mol. The molecule has 0 amide bonds. The van der Waals surface area contributed by atoms with Crippen LogP contribution in [0.5, 0.6) is 0 Å². The topological polar surface area (TPSA) is 25.8 Å². The van der Waals surface area contributed by atoms with Crippen LogP contribution in [0.2, 0.25) is 0 Å². The summed E-state index contributed by atoms with van der Waals surface area (Å²) in [6.45, 7) is 8.71. The Kier molecular flexibility index (Phi) is 4.51. The number of hydrogen-bond acceptors (Lipinski definition) is 2. The Morgan fingerprint density at radius 1 is 0.833 bits per heavy atom. The standard InChI is InChI=1S/C28H26N2/c1-17(2)25-13-11-23-22-10-8-19(4)28(24(22)15-27(23)30-25)26-12-9-21(16-29-26)20-7-5-6-18(3)14-20/h5-14,16-17H,15H2,1-4H3. The van der Waals surface area contributed by atoms with Crippen LogP contribution in [0, 0.1) is 13.8 Å². The summed E-state index contributed by atoms with van der Waals surface area (Å²) in [7, 11) is 0. The Balaban J connectivity index is 1.57. The molecule has 0 N–H and O–H groups in total. The predicted octanol–water partition coefficient (Wildman–Crippen LogP) is 7.12. The molecule has 4 aromatic rings. The first-order chi connectivity index (χ1) is 14.5. The zero-order valence-electron chi connectivity index (χ0n) is 18.0. The number of nitrogens with zero attached hydrogens (tertiary/aromatic N) is 2. The Bertz CT molecular complexity index is 1250. The van der Waals surface area contributed by atoms with Crippen LogP contribution in [0.4, 0.5) is 0 Å². The normalized spacial score (nSPS) is 12.2. The lowest BCUT2D eigenvalue weighted by molar-refractivity contribution is 0.813. The van der Waals surface area contributed by atoms with Gasteiger partial charge in [-0.05, 0) is 54.2 Å². The van der Waals surface area contributed by atoms with Gasteiger partial charge in [-0.2, -0.15) is 0 Å². The fraction of sp³-hybridized carbons (Fsp3) is 0.214. The number of pyridine rings is 2. The molecule has 0 spiro atoms. The largest absolute Gasteiger partial charge is 0.257 e. The molecule has 0 fully saturated rings. The molecule has 5 rings (SSSR count). The molecule has 30 heavy (non-hydrogen) atoms. The second kappa shape index (κ2) is 7.21. The number of benzene rings is 2. The smallest absolute Gasteiger partial charge is 0.0708 e. The van der Waals surface area contributed by atoms with Gasteiger partial charge in [-0.1, -0.05) is 67.9 Å². The van der Waals surface area contributed by atoms with Crippen LogP contribution in [0.3, 0.4) is 0 Å². The summed E-state index contributed by atoms with van der Waals surface area (Å²) in [6, 6.07) is 21.8. The van der Waals surface area contributed by atoms with E-state index in [4.69, 9.17) is 9.97 Å². The highest BCUT2D eigenvalue weighted by molar-refractivity contribution is 5.85. The summed E-state index contributed by atoms with van der Waals surface area (Å²) in [6.07, 6.45) is 2.88. The molecule has 148 valence electrons. The van der Waals surface area contributed by atoms with Gasteiger partial charge in [0.2, 0.25) is 0 Å². The van der Waals surface area contributed by atoms with Gasteiger partial charge in [-0.25, -0.2) is 0 Å². The van der Waals surface area contributed by atoms with E-state index in [1.807, 2.05) is 6.20 Å². The van der Waals surface area contributed by atoms with Crippen LogP contribution in [0.15, 0.2) is 66.9 Å². The second-order valence-corrected chi connectivity index (χ2v) is 8.65. The number of fused-ring (bicyclic) bond motifs is 3. The van der Waals surface area contributed by atoms with E-state index in [0.717, 1.165) is 17.7 Å². The Hall–Kier alpha value is -3.26. The quantitative estimate of drug-likeness (QED) is 0.328. The molecule has 2 aromatic heterocycles. The highest BCUT2D eigenvalue weighted by Crippen LogP contribution is 2.42. The van der Waals surface area contributed by atoms with Gasteiger partial charge >= 0.3 is 0 Å². The van der Waals surface area contributed by atoms with Crippen molar-refractivity contribution in [3.8, 4) is 33.5 Å². The molecule has 0 aliphatic heterocycles. The van der Waals surface area contributed by atoms with Crippen LogP contribution in [-0.2, 0) is 6.42 Å².